The molecule has 0 radical (unpaired) electrons. The molecule has 0 aromatic carbocycles. The number of amides is 1. The molecule has 0 saturated heterocycles. The number of nitrogens with one attached hydrogen (secondary N) is 1. The van der Waals surface area contributed by atoms with Crippen LogP contribution in [-0.4, -0.2) is 11.1 Å². The average Bonchev–Trinajstić information content (AvgIpc) is 2.17. The lowest BCUT2D eigenvalue weighted by Crippen LogP contribution is -2.13. The lowest BCUT2D eigenvalue weighted by atomic mass is 10.4. The van der Waals surface area contributed by atoms with Crippen LogP contribution in [0.2, 0.25) is 0 Å². The molecule has 0 spiro atoms. The Hall–Kier alpha value is -2.24. The lowest BCUT2D eigenvalue weighted by molar-refractivity contribution is 0.192. The molecule has 1 N–H and O–H groups in total. The van der Waals surface area contributed by atoms with Gasteiger partial charge in [-0.3, -0.25) is 5.32 Å². The molecule has 1 rings (SSSR count). The molecule has 0 atom stereocenters. The van der Waals surface area contributed by atoms with Gasteiger partial charge >= 0.3 is 6.09 Å². The van der Waals surface area contributed by atoms with Crippen molar-refractivity contribution in [3.8, 4) is 0 Å². The summed E-state index contributed by atoms with van der Waals surface area (Å²) in [6.45, 7) is 4.95. The molecular formula is C9H9N3O3. The van der Waals surface area contributed by atoms with E-state index in [1.807, 2.05) is 0 Å². The van der Waals surface area contributed by atoms with E-state index in [0.29, 0.717) is 0 Å². The van der Waals surface area contributed by atoms with Gasteiger partial charge in [-0.1, -0.05) is 6.58 Å². The molecule has 0 fully saturated rings. The van der Waals surface area contributed by atoms with E-state index in [1.54, 1.807) is 6.92 Å². The predicted octanol–water partition coefficient (Wildman–Crippen LogP) is 2.56. The average molecular weight is 207 g/mol. The molecule has 15 heavy (non-hydrogen) atoms. The molecular weight excluding hydrogens is 198 g/mol. The van der Waals surface area contributed by atoms with Gasteiger partial charge in [0, 0.05) is 0 Å². The van der Waals surface area contributed by atoms with Gasteiger partial charge < -0.3 is 4.74 Å². The minimum Gasteiger partial charge on any atom is -0.416 e. The Morgan fingerprint density at radius 2 is 2.33 bits per heavy atom. The van der Waals surface area contributed by atoms with Gasteiger partial charge in [-0.2, -0.15) is 0 Å². The minimum atomic E-state index is -0.679. The number of aromatic nitrogens is 1. The molecule has 0 bridgehead atoms. The number of hydrogen-bond acceptors (Lipinski definition) is 5. The van der Waals surface area contributed by atoms with Gasteiger partial charge in [0.2, 0.25) is 0 Å². The van der Waals surface area contributed by atoms with Gasteiger partial charge in [0.05, 0.1) is 12.0 Å². The third-order valence-corrected chi connectivity index (χ3v) is 1.35. The lowest BCUT2D eigenvalue weighted by Gasteiger charge is -2.04. The van der Waals surface area contributed by atoms with E-state index in [0.717, 1.165) is 0 Å². The quantitative estimate of drug-likeness (QED) is 0.610. The largest absolute Gasteiger partial charge is 0.417 e. The molecule has 78 valence electrons. The van der Waals surface area contributed by atoms with Crippen LogP contribution in [0.1, 0.15) is 6.92 Å². The summed E-state index contributed by atoms with van der Waals surface area (Å²) in [6, 6.07) is 2.87. The Balaban J connectivity index is 2.61. The Labute approximate surface area is 85.9 Å². The summed E-state index contributed by atoms with van der Waals surface area (Å²) in [5.74, 6) is 0.548. The third kappa shape index (κ3) is 3.55. The van der Waals surface area contributed by atoms with Gasteiger partial charge in [0.25, 0.3) is 0 Å². The first-order valence-corrected chi connectivity index (χ1v) is 4.05. The Kier molecular flexibility index (Phi) is 3.50. The number of carbonyl (C=O) groups is 1. The molecule has 0 aliphatic carbocycles. The van der Waals surface area contributed by atoms with Crippen molar-refractivity contribution in [1.29, 1.82) is 0 Å². The van der Waals surface area contributed by atoms with Crippen LogP contribution >= 0.6 is 0 Å². The standard InChI is InChI=1S/C9H9N3O3/c1-6(2)15-9(13)11-8-4-3-7(12-14)5-10-8/h3-5H,1H2,2H3,(H,10,11,13). The van der Waals surface area contributed by atoms with Crippen LogP contribution in [0.25, 0.3) is 0 Å². The summed E-state index contributed by atoms with van der Waals surface area (Å²) >= 11 is 0. The number of allylic oxidation sites excluding steroid dienone is 1. The van der Waals surface area contributed by atoms with E-state index >= 15 is 0 Å². The van der Waals surface area contributed by atoms with Crippen molar-refractivity contribution in [2.75, 3.05) is 5.32 Å². The highest BCUT2D eigenvalue weighted by Gasteiger charge is 2.04. The van der Waals surface area contributed by atoms with Gasteiger partial charge in [-0.05, 0) is 24.2 Å². The zero-order valence-electron chi connectivity index (χ0n) is 8.06. The van der Waals surface area contributed by atoms with Crippen LogP contribution in [0.5, 0.6) is 0 Å². The van der Waals surface area contributed by atoms with Crippen LogP contribution in [0.15, 0.2) is 35.8 Å². The smallest absolute Gasteiger partial charge is 0.416 e. The molecule has 1 heterocycles. The first-order valence-electron chi connectivity index (χ1n) is 4.05. The van der Waals surface area contributed by atoms with Gasteiger partial charge in [0.15, 0.2) is 0 Å². The van der Waals surface area contributed by atoms with Crippen LogP contribution in [0.3, 0.4) is 0 Å². The van der Waals surface area contributed by atoms with E-state index in [2.05, 4.69) is 26.8 Å². The molecule has 1 aromatic heterocycles. The van der Waals surface area contributed by atoms with Crippen molar-refractivity contribution in [3.63, 3.8) is 0 Å². The molecule has 1 aromatic rings. The number of hydrogen-bond donors (Lipinski definition) is 1. The normalized spacial score (nSPS) is 9.13. The highest BCUT2D eigenvalue weighted by molar-refractivity contribution is 5.84. The van der Waals surface area contributed by atoms with Crippen LogP contribution in [0, 0.1) is 4.91 Å². The summed E-state index contributed by atoms with van der Waals surface area (Å²) in [4.78, 5) is 24.9. The second-order valence-corrected chi connectivity index (χ2v) is 2.71. The van der Waals surface area contributed by atoms with Crippen molar-refractivity contribution < 1.29 is 9.53 Å². The number of ether oxygens (including phenoxy) is 1. The van der Waals surface area contributed by atoms with Gasteiger partial charge in [0.1, 0.15) is 11.5 Å². The summed E-state index contributed by atoms with van der Waals surface area (Å²) in [5, 5.41) is 5.02. The van der Waals surface area contributed by atoms with Crippen LogP contribution < -0.4 is 5.32 Å². The summed E-state index contributed by atoms with van der Waals surface area (Å²) in [7, 11) is 0. The topological polar surface area (TPSA) is 80.6 Å². The predicted molar refractivity (Wildman–Crippen MR) is 54.6 cm³/mol. The first-order chi connectivity index (χ1) is 7.11. The van der Waals surface area contributed by atoms with Crippen molar-refractivity contribution in [2.45, 2.75) is 6.92 Å². The van der Waals surface area contributed by atoms with E-state index in [4.69, 9.17) is 0 Å². The van der Waals surface area contributed by atoms with Crippen molar-refractivity contribution in [3.05, 3.63) is 35.6 Å². The number of anilines is 1. The maximum Gasteiger partial charge on any atom is 0.417 e. The Morgan fingerprint density at radius 1 is 1.60 bits per heavy atom. The van der Waals surface area contributed by atoms with E-state index in [1.165, 1.54) is 18.3 Å². The fourth-order valence-electron chi connectivity index (χ4n) is 0.802. The SMILES string of the molecule is C=C(C)OC(=O)Nc1ccc(N=O)cn1. The second-order valence-electron chi connectivity index (χ2n) is 2.71. The van der Waals surface area contributed by atoms with Gasteiger partial charge in [-0.15, -0.1) is 4.91 Å². The molecule has 0 aliphatic heterocycles. The summed E-state index contributed by atoms with van der Waals surface area (Å²) in [6.07, 6.45) is 0.561. The highest BCUT2D eigenvalue weighted by atomic mass is 16.6. The molecule has 1 amide bonds. The monoisotopic (exact) mass is 207 g/mol. The fourth-order valence-corrected chi connectivity index (χ4v) is 0.802. The zero-order valence-corrected chi connectivity index (χ0v) is 8.06. The molecule has 0 unspecified atom stereocenters. The maximum atomic E-state index is 11.1. The molecule has 6 heteroatoms. The number of rotatable bonds is 3. The highest BCUT2D eigenvalue weighted by Crippen LogP contribution is 2.12. The maximum absolute atomic E-state index is 11.1. The Bertz CT molecular complexity index is 386. The molecule has 0 aliphatic rings. The minimum absolute atomic E-state index is 0.189. The summed E-state index contributed by atoms with van der Waals surface area (Å²) in [5.41, 5.74) is 0.189. The van der Waals surface area contributed by atoms with Gasteiger partial charge in [-0.25, -0.2) is 9.78 Å². The van der Waals surface area contributed by atoms with Crippen molar-refractivity contribution >= 4 is 17.6 Å². The van der Waals surface area contributed by atoms with Crippen LogP contribution in [-0.2, 0) is 4.74 Å². The van der Waals surface area contributed by atoms with Crippen LogP contribution in [0.4, 0.5) is 16.3 Å². The number of carbonyl (C=O) groups excluding carboxylic acids is 1. The van der Waals surface area contributed by atoms with E-state index in [-0.39, 0.29) is 17.3 Å². The zero-order chi connectivity index (χ0) is 11.3. The number of pyridine rings is 1. The molecule has 6 nitrogen and oxygen atoms in total. The number of nitroso groups, excluding NO2 is 1. The van der Waals surface area contributed by atoms with Crippen molar-refractivity contribution in [2.24, 2.45) is 5.18 Å². The first kappa shape index (κ1) is 10.8. The molecule has 0 saturated carbocycles. The second kappa shape index (κ2) is 4.85. The fraction of sp³-hybridized carbons (Fsp3) is 0.111. The Morgan fingerprint density at radius 3 is 2.80 bits per heavy atom. The van der Waals surface area contributed by atoms with E-state index in [9.17, 15) is 9.70 Å². The number of nitrogens with zero attached hydrogens (tertiary/aromatic N) is 2. The summed E-state index contributed by atoms with van der Waals surface area (Å²) < 4.78 is 4.64. The third-order valence-electron chi connectivity index (χ3n) is 1.35. The van der Waals surface area contributed by atoms with Crippen molar-refractivity contribution in [1.82, 2.24) is 4.98 Å². The van der Waals surface area contributed by atoms with E-state index < -0.39 is 6.09 Å².